The highest BCUT2D eigenvalue weighted by atomic mass is 16.2. The van der Waals surface area contributed by atoms with Crippen LogP contribution in [0.3, 0.4) is 0 Å². The summed E-state index contributed by atoms with van der Waals surface area (Å²) in [5.74, 6) is 1.27. The van der Waals surface area contributed by atoms with Gasteiger partial charge in [-0.3, -0.25) is 19.5 Å². The molecule has 4 atom stereocenters. The first-order valence-corrected chi connectivity index (χ1v) is 11.1. The number of carbonyl (C=O) groups excluding carboxylic acids is 2. The van der Waals surface area contributed by atoms with Crippen molar-refractivity contribution in [3.05, 3.63) is 12.2 Å². The first-order chi connectivity index (χ1) is 13.9. The molecule has 2 amide bonds. The van der Waals surface area contributed by atoms with Crippen molar-refractivity contribution in [1.82, 2.24) is 20.4 Å². The quantitative estimate of drug-likeness (QED) is 0.190. The SMILES string of the molecule is CN=C(NCCCCN(C)C(C)C)NCCCN1C(=O)C2C3C=CC(C3)C2C1=O. The molecular formula is C22H37N5O2. The number of amides is 2. The molecule has 2 bridgehead atoms. The third-order valence-electron chi connectivity index (χ3n) is 6.75. The lowest BCUT2D eigenvalue weighted by Gasteiger charge is -2.21. The summed E-state index contributed by atoms with van der Waals surface area (Å²) in [6, 6.07) is 0.581. The number of rotatable bonds is 10. The zero-order chi connectivity index (χ0) is 21.0. The topological polar surface area (TPSA) is 77.0 Å². The second-order valence-corrected chi connectivity index (χ2v) is 8.89. The van der Waals surface area contributed by atoms with Gasteiger partial charge in [-0.2, -0.15) is 0 Å². The summed E-state index contributed by atoms with van der Waals surface area (Å²) < 4.78 is 0. The van der Waals surface area contributed by atoms with Gasteiger partial charge in [-0.1, -0.05) is 12.2 Å². The maximum Gasteiger partial charge on any atom is 0.233 e. The van der Waals surface area contributed by atoms with E-state index >= 15 is 0 Å². The molecule has 0 aromatic rings. The normalized spacial score (nSPS) is 28.2. The first kappa shape index (κ1) is 21.8. The molecule has 162 valence electrons. The van der Waals surface area contributed by atoms with Crippen LogP contribution >= 0.6 is 0 Å². The maximum atomic E-state index is 12.7. The number of carbonyl (C=O) groups is 2. The largest absolute Gasteiger partial charge is 0.356 e. The lowest BCUT2D eigenvalue weighted by Crippen LogP contribution is -2.40. The van der Waals surface area contributed by atoms with Gasteiger partial charge in [-0.15, -0.1) is 0 Å². The molecule has 0 aromatic carbocycles. The van der Waals surface area contributed by atoms with Crippen LogP contribution in [0.25, 0.3) is 0 Å². The Hall–Kier alpha value is -1.89. The maximum absolute atomic E-state index is 12.7. The van der Waals surface area contributed by atoms with Crippen LogP contribution in [-0.4, -0.2) is 73.9 Å². The van der Waals surface area contributed by atoms with Gasteiger partial charge in [0.05, 0.1) is 11.8 Å². The molecule has 0 radical (unpaired) electrons. The van der Waals surface area contributed by atoms with Crippen molar-refractivity contribution in [2.75, 3.05) is 40.3 Å². The van der Waals surface area contributed by atoms with Crippen molar-refractivity contribution in [3.63, 3.8) is 0 Å². The van der Waals surface area contributed by atoms with Crippen LogP contribution in [0.2, 0.25) is 0 Å². The number of aliphatic imine (C=N–C) groups is 1. The average Bonchev–Trinajstić information content (AvgIpc) is 3.38. The summed E-state index contributed by atoms with van der Waals surface area (Å²) in [5.41, 5.74) is 0. The van der Waals surface area contributed by atoms with E-state index in [1.54, 1.807) is 7.05 Å². The van der Waals surface area contributed by atoms with Gasteiger partial charge in [-0.25, -0.2) is 0 Å². The molecule has 1 aliphatic heterocycles. The van der Waals surface area contributed by atoms with Gasteiger partial charge in [0.2, 0.25) is 11.8 Å². The standard InChI is InChI=1S/C22H37N5O2/c1-15(2)26(4)12-6-5-10-24-22(23-3)25-11-7-13-27-20(28)18-16-8-9-17(14-16)19(18)21(27)29/h8-9,15-19H,5-7,10-14H2,1-4H3,(H2,23,24,25). The van der Waals surface area contributed by atoms with Gasteiger partial charge >= 0.3 is 0 Å². The molecule has 4 unspecified atom stereocenters. The zero-order valence-corrected chi connectivity index (χ0v) is 18.4. The minimum Gasteiger partial charge on any atom is -0.356 e. The van der Waals surface area contributed by atoms with Crippen LogP contribution in [0, 0.1) is 23.7 Å². The minimum atomic E-state index is -0.0883. The summed E-state index contributed by atoms with van der Waals surface area (Å²) in [4.78, 5) is 33.5. The van der Waals surface area contributed by atoms with Crippen LogP contribution < -0.4 is 10.6 Å². The Morgan fingerprint density at radius 3 is 2.24 bits per heavy atom. The van der Waals surface area contributed by atoms with E-state index in [1.807, 2.05) is 0 Å². The summed E-state index contributed by atoms with van der Waals surface area (Å²) in [6.07, 6.45) is 8.24. The average molecular weight is 404 g/mol. The van der Waals surface area contributed by atoms with Crippen LogP contribution in [-0.2, 0) is 9.59 Å². The highest BCUT2D eigenvalue weighted by Crippen LogP contribution is 2.52. The Morgan fingerprint density at radius 2 is 1.69 bits per heavy atom. The second-order valence-electron chi connectivity index (χ2n) is 8.89. The molecule has 1 saturated carbocycles. The Labute approximate surface area is 175 Å². The Morgan fingerprint density at radius 1 is 1.10 bits per heavy atom. The molecule has 2 fully saturated rings. The Balaban J connectivity index is 1.31. The number of unbranched alkanes of at least 4 members (excludes halogenated alkanes) is 1. The van der Waals surface area contributed by atoms with E-state index in [4.69, 9.17) is 0 Å². The first-order valence-electron chi connectivity index (χ1n) is 11.1. The molecule has 2 aliphatic carbocycles. The fraction of sp³-hybridized carbons (Fsp3) is 0.773. The van der Waals surface area contributed by atoms with Crippen molar-refractivity contribution in [1.29, 1.82) is 0 Å². The van der Waals surface area contributed by atoms with Gasteiger partial charge < -0.3 is 15.5 Å². The molecule has 3 rings (SSSR count). The fourth-order valence-electron chi connectivity index (χ4n) is 4.80. The van der Waals surface area contributed by atoms with E-state index in [1.165, 1.54) is 4.90 Å². The van der Waals surface area contributed by atoms with Gasteiger partial charge in [0, 0.05) is 32.7 Å². The van der Waals surface area contributed by atoms with Crippen LogP contribution in [0.15, 0.2) is 17.1 Å². The van der Waals surface area contributed by atoms with E-state index in [0.29, 0.717) is 19.1 Å². The molecule has 0 spiro atoms. The Bertz CT molecular complexity index is 630. The van der Waals surface area contributed by atoms with E-state index in [-0.39, 0.29) is 35.5 Å². The summed E-state index contributed by atoms with van der Waals surface area (Å²) in [6.45, 7) is 7.58. The Kier molecular flexibility index (Phi) is 7.33. The highest BCUT2D eigenvalue weighted by molar-refractivity contribution is 6.06. The third kappa shape index (κ3) is 4.82. The van der Waals surface area contributed by atoms with Crippen molar-refractivity contribution in [2.24, 2.45) is 28.7 Å². The molecular weight excluding hydrogens is 366 g/mol. The number of fused-ring (bicyclic) bond motifs is 5. The number of guanidine groups is 1. The number of hydrogen-bond acceptors (Lipinski definition) is 4. The van der Waals surface area contributed by atoms with E-state index in [9.17, 15) is 9.59 Å². The van der Waals surface area contributed by atoms with Crippen LogP contribution in [0.1, 0.15) is 39.5 Å². The van der Waals surface area contributed by atoms with Crippen molar-refractivity contribution in [2.45, 2.75) is 45.6 Å². The molecule has 1 heterocycles. The van der Waals surface area contributed by atoms with Crippen LogP contribution in [0.4, 0.5) is 0 Å². The lowest BCUT2D eigenvalue weighted by atomic mass is 9.85. The van der Waals surface area contributed by atoms with Crippen LogP contribution in [0.5, 0.6) is 0 Å². The third-order valence-corrected chi connectivity index (χ3v) is 6.75. The lowest BCUT2D eigenvalue weighted by molar-refractivity contribution is -0.140. The molecule has 2 N–H and O–H groups in total. The van der Waals surface area contributed by atoms with E-state index < -0.39 is 0 Å². The van der Waals surface area contributed by atoms with Crippen molar-refractivity contribution >= 4 is 17.8 Å². The molecule has 29 heavy (non-hydrogen) atoms. The highest BCUT2D eigenvalue weighted by Gasteiger charge is 2.58. The fourth-order valence-corrected chi connectivity index (χ4v) is 4.80. The molecule has 0 aromatic heterocycles. The molecule has 7 nitrogen and oxygen atoms in total. The summed E-state index contributed by atoms with van der Waals surface area (Å²) in [7, 11) is 3.92. The smallest absolute Gasteiger partial charge is 0.233 e. The number of imide groups is 1. The number of allylic oxidation sites excluding steroid dienone is 2. The number of likely N-dealkylation sites (tertiary alicyclic amines) is 1. The number of nitrogens with zero attached hydrogens (tertiary/aromatic N) is 3. The molecule has 3 aliphatic rings. The number of nitrogens with one attached hydrogen (secondary N) is 2. The van der Waals surface area contributed by atoms with Crippen molar-refractivity contribution < 1.29 is 9.59 Å². The van der Waals surface area contributed by atoms with Gasteiger partial charge in [0.25, 0.3) is 0 Å². The van der Waals surface area contributed by atoms with E-state index in [0.717, 1.165) is 44.7 Å². The van der Waals surface area contributed by atoms with E-state index in [2.05, 4.69) is 53.6 Å². The predicted molar refractivity (Wildman–Crippen MR) is 115 cm³/mol. The minimum absolute atomic E-state index is 0.0470. The molecule has 7 heteroatoms. The van der Waals surface area contributed by atoms with Gasteiger partial charge in [0.15, 0.2) is 5.96 Å². The van der Waals surface area contributed by atoms with Crippen molar-refractivity contribution in [3.8, 4) is 0 Å². The zero-order valence-electron chi connectivity index (χ0n) is 18.4. The summed E-state index contributed by atoms with van der Waals surface area (Å²) >= 11 is 0. The molecule has 1 saturated heterocycles. The monoisotopic (exact) mass is 403 g/mol. The predicted octanol–water partition coefficient (Wildman–Crippen LogP) is 1.47. The van der Waals surface area contributed by atoms with Gasteiger partial charge in [-0.05, 0) is 65.0 Å². The number of hydrogen-bond donors (Lipinski definition) is 2. The summed E-state index contributed by atoms with van der Waals surface area (Å²) in [5, 5.41) is 6.62. The van der Waals surface area contributed by atoms with Gasteiger partial charge in [0.1, 0.15) is 0 Å². The second kappa shape index (κ2) is 9.74.